The molecule has 0 bridgehead atoms. The summed E-state index contributed by atoms with van der Waals surface area (Å²) in [6.07, 6.45) is 1.68. The topological polar surface area (TPSA) is 29.5 Å². The van der Waals surface area contributed by atoms with Crippen LogP contribution in [0.1, 0.15) is 24.5 Å². The van der Waals surface area contributed by atoms with Gasteiger partial charge in [-0.2, -0.15) is 0 Å². The fourth-order valence-corrected chi connectivity index (χ4v) is 1.53. The Hall–Kier alpha value is -1.02. The summed E-state index contributed by atoms with van der Waals surface area (Å²) in [5.74, 6) is 0.989. The number of para-hydroxylation sites is 1. The molecule has 0 atom stereocenters. The molecule has 0 saturated carbocycles. The summed E-state index contributed by atoms with van der Waals surface area (Å²) in [6, 6.07) is 6.14. The van der Waals surface area contributed by atoms with Gasteiger partial charge in [-0.3, -0.25) is 0 Å². The van der Waals surface area contributed by atoms with Gasteiger partial charge in [0.25, 0.3) is 0 Å². The maximum Gasteiger partial charge on any atom is 0.125 e. The van der Waals surface area contributed by atoms with Gasteiger partial charge < -0.3 is 9.84 Å². The predicted octanol–water partition coefficient (Wildman–Crippen LogP) is 2.32. The Balaban J connectivity index is 2.83. The Morgan fingerprint density at radius 1 is 1.36 bits per heavy atom. The molecule has 0 unspecified atom stereocenters. The van der Waals surface area contributed by atoms with Crippen LogP contribution in [-0.4, -0.2) is 18.3 Å². The van der Waals surface area contributed by atoms with Crippen molar-refractivity contribution in [1.82, 2.24) is 0 Å². The van der Waals surface area contributed by atoms with Gasteiger partial charge in [0.15, 0.2) is 0 Å². The molecule has 0 heterocycles. The zero-order valence-electron chi connectivity index (χ0n) is 8.92. The molecule has 0 amide bonds. The van der Waals surface area contributed by atoms with Gasteiger partial charge in [0, 0.05) is 6.61 Å². The van der Waals surface area contributed by atoms with Gasteiger partial charge in [-0.05, 0) is 37.8 Å². The molecule has 14 heavy (non-hydrogen) atoms. The Morgan fingerprint density at radius 2 is 2.14 bits per heavy atom. The Morgan fingerprint density at radius 3 is 2.79 bits per heavy atom. The maximum absolute atomic E-state index is 8.78. The lowest BCUT2D eigenvalue weighted by Crippen LogP contribution is -2.00. The fourth-order valence-electron chi connectivity index (χ4n) is 1.53. The lowest BCUT2D eigenvalue weighted by molar-refractivity contribution is 0.286. The molecule has 1 aromatic rings. The fraction of sp³-hybridized carbons (Fsp3) is 0.500. The molecule has 2 heteroatoms. The number of aryl methyl sites for hydroxylation is 2. The number of benzene rings is 1. The van der Waals surface area contributed by atoms with Crippen LogP contribution in [0, 0.1) is 6.92 Å². The molecule has 78 valence electrons. The van der Waals surface area contributed by atoms with Crippen LogP contribution in [0.5, 0.6) is 5.75 Å². The van der Waals surface area contributed by atoms with E-state index in [9.17, 15) is 0 Å². The highest BCUT2D eigenvalue weighted by atomic mass is 16.5. The van der Waals surface area contributed by atoms with Gasteiger partial charge in [-0.15, -0.1) is 0 Å². The van der Waals surface area contributed by atoms with E-state index in [2.05, 4.69) is 6.07 Å². The van der Waals surface area contributed by atoms with Gasteiger partial charge >= 0.3 is 0 Å². The number of rotatable bonds is 5. The highest BCUT2D eigenvalue weighted by molar-refractivity contribution is 5.40. The predicted molar refractivity (Wildman–Crippen MR) is 57.8 cm³/mol. The molecule has 1 N–H and O–H groups in total. The summed E-state index contributed by atoms with van der Waals surface area (Å²) in [5, 5.41) is 8.78. The van der Waals surface area contributed by atoms with Crippen molar-refractivity contribution in [1.29, 1.82) is 0 Å². The van der Waals surface area contributed by atoms with Gasteiger partial charge in [0.1, 0.15) is 5.75 Å². The minimum absolute atomic E-state index is 0.236. The van der Waals surface area contributed by atoms with Crippen LogP contribution in [0.2, 0.25) is 0 Å². The smallest absolute Gasteiger partial charge is 0.125 e. The SMILES string of the molecule is CCOc1c(C)cccc1CCCO. The average Bonchev–Trinajstić information content (AvgIpc) is 2.19. The molecule has 1 rings (SSSR count). The molecule has 2 nitrogen and oxygen atoms in total. The van der Waals surface area contributed by atoms with Crippen LogP contribution in [0.4, 0.5) is 0 Å². The summed E-state index contributed by atoms with van der Waals surface area (Å²) in [6.45, 7) is 4.96. The summed E-state index contributed by atoms with van der Waals surface area (Å²) in [5.41, 5.74) is 2.36. The number of hydrogen-bond donors (Lipinski definition) is 1. The minimum atomic E-state index is 0.236. The van der Waals surface area contributed by atoms with Crippen molar-refractivity contribution in [2.24, 2.45) is 0 Å². The molecule has 0 aliphatic carbocycles. The van der Waals surface area contributed by atoms with Crippen molar-refractivity contribution in [3.63, 3.8) is 0 Å². The molecule has 1 aromatic carbocycles. The highest BCUT2D eigenvalue weighted by Gasteiger charge is 2.05. The summed E-state index contributed by atoms with van der Waals surface area (Å²) < 4.78 is 5.58. The first kappa shape index (κ1) is 11.1. The molecule has 0 aliphatic rings. The van der Waals surface area contributed by atoms with Crippen LogP contribution < -0.4 is 4.74 Å². The first-order chi connectivity index (χ1) is 6.79. The van der Waals surface area contributed by atoms with E-state index < -0.39 is 0 Å². The van der Waals surface area contributed by atoms with Crippen LogP contribution in [0.3, 0.4) is 0 Å². The summed E-state index contributed by atoms with van der Waals surface area (Å²) >= 11 is 0. The van der Waals surface area contributed by atoms with E-state index in [1.165, 1.54) is 11.1 Å². The van der Waals surface area contributed by atoms with E-state index in [1.807, 2.05) is 26.0 Å². The number of ether oxygens (including phenoxy) is 1. The Bertz CT molecular complexity index is 282. The van der Waals surface area contributed by atoms with E-state index in [0.717, 1.165) is 18.6 Å². The molecule has 0 saturated heterocycles. The second kappa shape index (κ2) is 5.66. The quantitative estimate of drug-likeness (QED) is 0.779. The molecular formula is C12H18O2. The van der Waals surface area contributed by atoms with E-state index in [1.54, 1.807) is 0 Å². The number of aliphatic hydroxyl groups is 1. The van der Waals surface area contributed by atoms with E-state index in [4.69, 9.17) is 9.84 Å². The number of aliphatic hydroxyl groups excluding tert-OH is 1. The van der Waals surface area contributed by atoms with E-state index in [-0.39, 0.29) is 6.61 Å². The van der Waals surface area contributed by atoms with Crippen molar-refractivity contribution in [3.8, 4) is 5.75 Å². The zero-order valence-corrected chi connectivity index (χ0v) is 8.92. The van der Waals surface area contributed by atoms with Crippen LogP contribution >= 0.6 is 0 Å². The van der Waals surface area contributed by atoms with Crippen molar-refractivity contribution >= 4 is 0 Å². The van der Waals surface area contributed by atoms with Gasteiger partial charge in [0.2, 0.25) is 0 Å². The molecular weight excluding hydrogens is 176 g/mol. The highest BCUT2D eigenvalue weighted by Crippen LogP contribution is 2.24. The van der Waals surface area contributed by atoms with Gasteiger partial charge in [-0.25, -0.2) is 0 Å². The van der Waals surface area contributed by atoms with Gasteiger partial charge in [0.05, 0.1) is 6.61 Å². The lowest BCUT2D eigenvalue weighted by atomic mass is 10.1. The Labute approximate surface area is 85.5 Å². The molecule has 0 aliphatic heterocycles. The third-order valence-electron chi connectivity index (χ3n) is 2.19. The van der Waals surface area contributed by atoms with Crippen LogP contribution in [0.25, 0.3) is 0 Å². The zero-order chi connectivity index (χ0) is 10.4. The van der Waals surface area contributed by atoms with E-state index >= 15 is 0 Å². The first-order valence-corrected chi connectivity index (χ1v) is 5.11. The summed E-state index contributed by atoms with van der Waals surface area (Å²) in [4.78, 5) is 0. The molecule has 0 radical (unpaired) electrons. The van der Waals surface area contributed by atoms with Gasteiger partial charge in [-0.1, -0.05) is 18.2 Å². The van der Waals surface area contributed by atoms with E-state index in [0.29, 0.717) is 6.61 Å². The number of hydrogen-bond acceptors (Lipinski definition) is 2. The molecule has 0 fully saturated rings. The largest absolute Gasteiger partial charge is 0.493 e. The second-order valence-electron chi connectivity index (χ2n) is 3.32. The molecule has 0 aromatic heterocycles. The minimum Gasteiger partial charge on any atom is -0.493 e. The maximum atomic E-state index is 8.78. The first-order valence-electron chi connectivity index (χ1n) is 5.11. The third-order valence-corrected chi connectivity index (χ3v) is 2.19. The van der Waals surface area contributed by atoms with Crippen LogP contribution in [0.15, 0.2) is 18.2 Å². The lowest BCUT2D eigenvalue weighted by Gasteiger charge is -2.12. The normalized spacial score (nSPS) is 10.2. The van der Waals surface area contributed by atoms with Crippen LogP contribution in [-0.2, 0) is 6.42 Å². The van der Waals surface area contributed by atoms with Crippen molar-refractivity contribution < 1.29 is 9.84 Å². The third kappa shape index (κ3) is 2.74. The van der Waals surface area contributed by atoms with Crippen molar-refractivity contribution in [2.75, 3.05) is 13.2 Å². The summed E-state index contributed by atoms with van der Waals surface area (Å²) in [7, 11) is 0. The average molecular weight is 194 g/mol. The van der Waals surface area contributed by atoms with Crippen molar-refractivity contribution in [3.05, 3.63) is 29.3 Å². The monoisotopic (exact) mass is 194 g/mol. The second-order valence-corrected chi connectivity index (χ2v) is 3.32. The standard InChI is InChI=1S/C12H18O2/c1-3-14-12-10(2)6-4-7-11(12)8-5-9-13/h4,6-7,13H,3,5,8-9H2,1-2H3. The molecule has 0 spiro atoms. The Kier molecular flexibility index (Phi) is 4.47. The van der Waals surface area contributed by atoms with Crippen molar-refractivity contribution in [2.45, 2.75) is 26.7 Å².